The Labute approximate surface area is 126 Å². The van der Waals surface area contributed by atoms with Crippen LogP contribution in [-0.4, -0.2) is 17.3 Å². The van der Waals surface area contributed by atoms with E-state index in [1.54, 1.807) is 12.1 Å². The topological polar surface area (TPSA) is 32.3 Å². The number of aliphatic hydroxyl groups excluding tert-OH is 1. The van der Waals surface area contributed by atoms with E-state index >= 15 is 0 Å². The van der Waals surface area contributed by atoms with Gasteiger partial charge in [0.2, 0.25) is 0 Å². The Balaban J connectivity index is 2.14. The van der Waals surface area contributed by atoms with Gasteiger partial charge >= 0.3 is 0 Å². The Hall–Kier alpha value is -1.39. The number of hydrogen-bond acceptors (Lipinski definition) is 2. The molecule has 0 radical (unpaired) electrons. The molecule has 0 bridgehead atoms. The Kier molecular flexibility index (Phi) is 4.78. The lowest BCUT2D eigenvalue weighted by atomic mass is 9.93. The molecule has 2 nitrogen and oxygen atoms in total. The van der Waals surface area contributed by atoms with Gasteiger partial charge in [-0.25, -0.2) is 4.39 Å². The highest BCUT2D eigenvalue weighted by atomic mass is 79.9. The van der Waals surface area contributed by atoms with E-state index in [-0.39, 0.29) is 12.4 Å². The van der Waals surface area contributed by atoms with Gasteiger partial charge in [0.25, 0.3) is 0 Å². The molecule has 106 valence electrons. The van der Waals surface area contributed by atoms with Crippen molar-refractivity contribution in [2.24, 2.45) is 0 Å². The molecule has 2 aromatic carbocycles. The van der Waals surface area contributed by atoms with Gasteiger partial charge in [-0.15, -0.1) is 0 Å². The standard InChI is InChI=1S/C16H17BrFNO/c1-16(11-20,10-12-5-7-13(17)8-6-12)19-15-4-2-3-14(18)9-15/h2-9,19-20H,10-11H2,1H3. The van der Waals surface area contributed by atoms with Gasteiger partial charge in [-0.05, 0) is 49.2 Å². The Morgan fingerprint density at radius 2 is 1.90 bits per heavy atom. The average molecular weight is 338 g/mol. The van der Waals surface area contributed by atoms with Gasteiger partial charge in [0.05, 0.1) is 12.1 Å². The minimum Gasteiger partial charge on any atom is -0.394 e. The normalized spacial score (nSPS) is 13.8. The molecule has 2 N–H and O–H groups in total. The summed E-state index contributed by atoms with van der Waals surface area (Å²) in [5, 5.41) is 12.9. The number of nitrogens with one attached hydrogen (secondary N) is 1. The first-order valence-corrected chi connectivity index (χ1v) is 7.19. The zero-order chi connectivity index (χ0) is 14.6. The molecule has 0 amide bonds. The van der Waals surface area contributed by atoms with E-state index in [1.807, 2.05) is 31.2 Å². The summed E-state index contributed by atoms with van der Waals surface area (Å²) in [6.45, 7) is 1.87. The predicted octanol–water partition coefficient (Wildman–Crippen LogP) is 3.99. The van der Waals surface area contributed by atoms with Crippen molar-refractivity contribution in [2.75, 3.05) is 11.9 Å². The fraction of sp³-hybridized carbons (Fsp3) is 0.250. The summed E-state index contributed by atoms with van der Waals surface area (Å²) in [6, 6.07) is 14.2. The van der Waals surface area contributed by atoms with E-state index in [9.17, 15) is 9.50 Å². The zero-order valence-electron chi connectivity index (χ0n) is 11.2. The second-order valence-corrected chi connectivity index (χ2v) is 6.07. The highest BCUT2D eigenvalue weighted by molar-refractivity contribution is 9.10. The highest BCUT2D eigenvalue weighted by Gasteiger charge is 2.23. The maximum atomic E-state index is 13.2. The Morgan fingerprint density at radius 3 is 2.50 bits per heavy atom. The lowest BCUT2D eigenvalue weighted by Crippen LogP contribution is -2.41. The van der Waals surface area contributed by atoms with Crippen molar-refractivity contribution in [1.82, 2.24) is 0 Å². The van der Waals surface area contributed by atoms with Crippen LogP contribution >= 0.6 is 15.9 Å². The van der Waals surface area contributed by atoms with Gasteiger partial charge in [-0.1, -0.05) is 34.1 Å². The summed E-state index contributed by atoms with van der Waals surface area (Å²) in [7, 11) is 0. The molecule has 0 fully saturated rings. The first-order chi connectivity index (χ1) is 9.50. The zero-order valence-corrected chi connectivity index (χ0v) is 12.8. The van der Waals surface area contributed by atoms with E-state index < -0.39 is 5.54 Å². The predicted molar refractivity (Wildman–Crippen MR) is 83.4 cm³/mol. The molecule has 0 aliphatic heterocycles. The Bertz CT molecular complexity index is 573. The van der Waals surface area contributed by atoms with Gasteiger partial charge in [0.1, 0.15) is 5.82 Å². The SMILES string of the molecule is CC(CO)(Cc1ccc(Br)cc1)Nc1cccc(F)c1. The van der Waals surface area contributed by atoms with E-state index in [1.165, 1.54) is 12.1 Å². The molecule has 20 heavy (non-hydrogen) atoms. The third-order valence-corrected chi connectivity index (χ3v) is 3.66. The molecule has 1 unspecified atom stereocenters. The van der Waals surface area contributed by atoms with Gasteiger partial charge < -0.3 is 10.4 Å². The summed E-state index contributed by atoms with van der Waals surface area (Å²) in [5.41, 5.74) is 1.23. The minimum absolute atomic E-state index is 0.0421. The van der Waals surface area contributed by atoms with Gasteiger partial charge in [-0.2, -0.15) is 0 Å². The van der Waals surface area contributed by atoms with Crippen LogP contribution in [0, 0.1) is 5.82 Å². The molecule has 0 saturated heterocycles. The molecule has 0 spiro atoms. The van der Waals surface area contributed by atoms with Crippen LogP contribution < -0.4 is 5.32 Å². The first-order valence-electron chi connectivity index (χ1n) is 6.40. The van der Waals surface area contributed by atoms with Crippen LogP contribution in [0.3, 0.4) is 0 Å². The molecule has 0 aliphatic rings. The van der Waals surface area contributed by atoms with Gasteiger partial charge in [0.15, 0.2) is 0 Å². The minimum atomic E-state index is -0.540. The number of aliphatic hydroxyl groups is 1. The van der Waals surface area contributed by atoms with Crippen molar-refractivity contribution >= 4 is 21.6 Å². The van der Waals surface area contributed by atoms with Crippen molar-refractivity contribution in [3.63, 3.8) is 0 Å². The van der Waals surface area contributed by atoms with E-state index in [0.29, 0.717) is 12.1 Å². The maximum absolute atomic E-state index is 13.2. The molecule has 0 aromatic heterocycles. The van der Waals surface area contributed by atoms with Crippen LogP contribution in [0.2, 0.25) is 0 Å². The number of hydrogen-bond donors (Lipinski definition) is 2. The fourth-order valence-electron chi connectivity index (χ4n) is 2.11. The third kappa shape index (κ3) is 4.05. The number of benzene rings is 2. The van der Waals surface area contributed by atoms with E-state index in [0.717, 1.165) is 10.0 Å². The monoisotopic (exact) mass is 337 g/mol. The smallest absolute Gasteiger partial charge is 0.125 e. The summed E-state index contributed by atoms with van der Waals surface area (Å²) < 4.78 is 14.2. The molecule has 1 atom stereocenters. The molecule has 0 aliphatic carbocycles. The van der Waals surface area contributed by atoms with Crippen LogP contribution in [0.25, 0.3) is 0 Å². The molecule has 4 heteroatoms. The van der Waals surface area contributed by atoms with E-state index in [4.69, 9.17) is 0 Å². The van der Waals surface area contributed by atoms with Crippen LogP contribution in [0.4, 0.5) is 10.1 Å². The molecule has 2 rings (SSSR count). The van der Waals surface area contributed by atoms with Crippen LogP contribution in [-0.2, 0) is 6.42 Å². The quantitative estimate of drug-likeness (QED) is 0.864. The van der Waals surface area contributed by atoms with Crippen LogP contribution in [0.5, 0.6) is 0 Å². The third-order valence-electron chi connectivity index (χ3n) is 3.13. The maximum Gasteiger partial charge on any atom is 0.125 e. The summed E-state index contributed by atoms with van der Waals surface area (Å²) in [6.07, 6.45) is 0.646. The largest absolute Gasteiger partial charge is 0.394 e. The molecular weight excluding hydrogens is 321 g/mol. The van der Waals surface area contributed by atoms with Crippen molar-refractivity contribution in [1.29, 1.82) is 0 Å². The van der Waals surface area contributed by atoms with E-state index in [2.05, 4.69) is 21.2 Å². The summed E-state index contributed by atoms with van der Waals surface area (Å²) in [4.78, 5) is 0. The van der Waals surface area contributed by atoms with Crippen molar-refractivity contribution in [3.8, 4) is 0 Å². The van der Waals surface area contributed by atoms with Crippen molar-refractivity contribution < 1.29 is 9.50 Å². The molecule has 0 heterocycles. The molecule has 0 saturated carbocycles. The summed E-state index contributed by atoms with van der Waals surface area (Å²) in [5.74, 6) is -0.293. The van der Waals surface area contributed by atoms with Crippen molar-refractivity contribution in [2.45, 2.75) is 18.9 Å². The van der Waals surface area contributed by atoms with Gasteiger partial charge in [0, 0.05) is 10.2 Å². The molecular formula is C16H17BrFNO. The second kappa shape index (κ2) is 6.37. The lowest BCUT2D eigenvalue weighted by Gasteiger charge is -2.30. The lowest BCUT2D eigenvalue weighted by molar-refractivity contribution is 0.222. The highest BCUT2D eigenvalue weighted by Crippen LogP contribution is 2.21. The van der Waals surface area contributed by atoms with Crippen LogP contribution in [0.15, 0.2) is 53.0 Å². The first kappa shape index (κ1) is 15.0. The van der Waals surface area contributed by atoms with Crippen LogP contribution in [0.1, 0.15) is 12.5 Å². The van der Waals surface area contributed by atoms with Gasteiger partial charge in [-0.3, -0.25) is 0 Å². The second-order valence-electron chi connectivity index (χ2n) is 5.16. The molecule has 2 aromatic rings. The average Bonchev–Trinajstić information content (AvgIpc) is 2.41. The summed E-state index contributed by atoms with van der Waals surface area (Å²) >= 11 is 3.40. The number of anilines is 1. The Morgan fingerprint density at radius 1 is 1.20 bits per heavy atom. The number of halogens is 2. The fourth-order valence-corrected chi connectivity index (χ4v) is 2.37. The number of rotatable bonds is 5. The van der Waals surface area contributed by atoms with Crippen molar-refractivity contribution in [3.05, 3.63) is 64.4 Å².